The molecular weight excluding hydrogens is 145 g/mol. The fourth-order valence-corrected chi connectivity index (χ4v) is 0.972. The van der Waals surface area contributed by atoms with Gasteiger partial charge in [0, 0.05) is 11.5 Å². The lowest BCUT2D eigenvalue weighted by Gasteiger charge is -1.86. The average Bonchev–Trinajstić information content (AvgIpc) is 2.35. The normalized spacial score (nSPS) is 12.0. The van der Waals surface area contributed by atoms with Gasteiger partial charge < -0.3 is 4.52 Å². The number of halogens is 1. The molecule has 0 fully saturated rings. The van der Waals surface area contributed by atoms with Crippen LogP contribution in [0, 0.1) is 12.7 Å². The van der Waals surface area contributed by atoms with Crippen LogP contribution in [0.4, 0.5) is 4.39 Å². The van der Waals surface area contributed by atoms with E-state index in [1.807, 2.05) is 0 Å². The number of fused-ring (bicyclic) bond motifs is 1. The molecule has 0 amide bonds. The lowest BCUT2D eigenvalue weighted by atomic mass is 10.2. The molecule has 0 spiro atoms. The highest BCUT2D eigenvalue weighted by molar-refractivity contribution is 5.78. The summed E-state index contributed by atoms with van der Waals surface area (Å²) in [5.41, 5.74) is 1.07. The maximum atomic E-state index is 12.8. The molecule has 0 bridgehead atoms. The van der Waals surface area contributed by atoms with Crippen LogP contribution < -0.4 is 0 Å². The maximum absolute atomic E-state index is 12.8. The minimum atomic E-state index is -0.585. The van der Waals surface area contributed by atoms with Gasteiger partial charge in [-0.3, -0.25) is 0 Å². The first-order valence-corrected chi connectivity index (χ1v) is 3.20. The number of nitrogens with zero attached hydrogens (tertiary/aromatic N) is 1. The minimum absolute atomic E-state index is 0.131. The zero-order valence-corrected chi connectivity index (χ0v) is 5.89. The fraction of sp³-hybridized carbons (Fsp3) is 0.125. The second-order valence-corrected chi connectivity index (χ2v) is 2.33. The van der Waals surface area contributed by atoms with Crippen LogP contribution in [-0.4, -0.2) is 5.16 Å². The van der Waals surface area contributed by atoms with E-state index in [9.17, 15) is 4.39 Å². The van der Waals surface area contributed by atoms with Crippen LogP contribution in [0.15, 0.2) is 22.7 Å². The summed E-state index contributed by atoms with van der Waals surface area (Å²) in [6, 6.07) is 2.46. The smallest absolute Gasteiger partial charge is 0.170 e. The van der Waals surface area contributed by atoms with E-state index in [2.05, 4.69) is 5.16 Å². The molecular formula is C8H6FNO. The van der Waals surface area contributed by atoms with Gasteiger partial charge in [0.15, 0.2) is 5.58 Å². The summed E-state index contributed by atoms with van der Waals surface area (Å²) >= 11 is 0. The number of benzene rings is 1. The predicted octanol–water partition coefficient (Wildman–Crippen LogP) is 2.28. The Morgan fingerprint density at radius 2 is 2.55 bits per heavy atom. The quantitative estimate of drug-likeness (QED) is 0.578. The van der Waals surface area contributed by atoms with Crippen molar-refractivity contribution in [1.29, 1.82) is 0 Å². The van der Waals surface area contributed by atoms with E-state index >= 15 is 0 Å². The van der Waals surface area contributed by atoms with Gasteiger partial charge in [-0.2, -0.15) is 0 Å². The third-order valence-corrected chi connectivity index (χ3v) is 1.55. The van der Waals surface area contributed by atoms with E-state index in [0.29, 0.717) is 16.7 Å². The Hall–Kier alpha value is -1.38. The molecule has 0 N–H and O–H groups in total. The summed E-state index contributed by atoms with van der Waals surface area (Å²) < 4.78 is 24.8. The monoisotopic (exact) mass is 152 g/mol. The molecule has 2 nitrogen and oxygen atoms in total. The molecule has 1 aromatic carbocycles. The number of aryl methyl sites for hydroxylation is 1. The van der Waals surface area contributed by atoms with Gasteiger partial charge in [0.05, 0.1) is 7.06 Å². The molecule has 2 aromatic rings. The molecule has 0 radical (unpaired) electrons. The third kappa shape index (κ3) is 0.888. The Kier molecular flexibility index (Phi) is 0.987. The Balaban J connectivity index is 2.87. The highest BCUT2D eigenvalue weighted by atomic mass is 19.1. The van der Waals surface area contributed by atoms with Gasteiger partial charge >= 0.3 is 0 Å². The molecule has 1 heterocycles. The maximum Gasteiger partial charge on any atom is 0.170 e. The van der Waals surface area contributed by atoms with Crippen molar-refractivity contribution in [2.24, 2.45) is 0 Å². The van der Waals surface area contributed by atoms with Crippen molar-refractivity contribution in [3.05, 3.63) is 29.7 Å². The van der Waals surface area contributed by atoms with Crippen LogP contribution >= 0.6 is 0 Å². The molecule has 2 rings (SSSR count). The Morgan fingerprint density at radius 1 is 1.73 bits per heavy atom. The van der Waals surface area contributed by atoms with Crippen molar-refractivity contribution < 1.29 is 10.3 Å². The molecule has 0 atom stereocenters. The molecule has 56 valence electrons. The molecule has 1 aromatic heterocycles. The third-order valence-electron chi connectivity index (χ3n) is 1.55. The van der Waals surface area contributed by atoms with Crippen molar-refractivity contribution in [2.45, 2.75) is 6.92 Å². The number of rotatable bonds is 0. The van der Waals surface area contributed by atoms with E-state index in [-0.39, 0.29) is 6.04 Å². The summed E-state index contributed by atoms with van der Waals surface area (Å²) in [4.78, 5) is 0. The van der Waals surface area contributed by atoms with Crippen molar-refractivity contribution in [3.8, 4) is 0 Å². The van der Waals surface area contributed by atoms with E-state index < -0.39 is 5.82 Å². The average molecular weight is 152 g/mol. The molecule has 0 saturated heterocycles. The van der Waals surface area contributed by atoms with Crippen LogP contribution in [0.25, 0.3) is 11.0 Å². The zero-order valence-electron chi connectivity index (χ0n) is 6.89. The van der Waals surface area contributed by atoms with Crippen LogP contribution in [0.1, 0.15) is 7.06 Å². The molecule has 11 heavy (non-hydrogen) atoms. The molecule has 0 aliphatic rings. The topological polar surface area (TPSA) is 26.0 Å². The highest BCUT2D eigenvalue weighted by Gasteiger charge is 2.03. The van der Waals surface area contributed by atoms with Gasteiger partial charge in [-0.25, -0.2) is 4.39 Å². The van der Waals surface area contributed by atoms with Crippen LogP contribution in [0.2, 0.25) is 0 Å². The summed E-state index contributed by atoms with van der Waals surface area (Å²) in [5, 5.41) is 4.35. The Labute approximate surface area is 64.0 Å². The van der Waals surface area contributed by atoms with Crippen molar-refractivity contribution in [3.63, 3.8) is 0 Å². The summed E-state index contributed by atoms with van der Waals surface area (Å²) in [7, 11) is 0. The summed E-state index contributed by atoms with van der Waals surface area (Å²) in [5.74, 6) is -0.585. The van der Waals surface area contributed by atoms with Gasteiger partial charge in [0.1, 0.15) is 5.82 Å². The first-order valence-electron chi connectivity index (χ1n) is 3.70. The summed E-state index contributed by atoms with van der Waals surface area (Å²) in [6.07, 6.45) is 0. The largest absolute Gasteiger partial charge is 0.356 e. The van der Waals surface area contributed by atoms with Gasteiger partial charge in [-0.05, 0) is 19.0 Å². The van der Waals surface area contributed by atoms with E-state index in [1.165, 1.54) is 12.1 Å². The number of hydrogen-bond acceptors (Lipinski definition) is 2. The van der Waals surface area contributed by atoms with Crippen molar-refractivity contribution >= 4 is 11.0 Å². The second-order valence-electron chi connectivity index (χ2n) is 2.33. The van der Waals surface area contributed by atoms with E-state index in [0.717, 1.165) is 0 Å². The number of aromatic nitrogens is 1. The van der Waals surface area contributed by atoms with Crippen molar-refractivity contribution in [2.75, 3.05) is 0 Å². The predicted molar refractivity (Wildman–Crippen MR) is 38.7 cm³/mol. The lowest BCUT2D eigenvalue weighted by molar-refractivity contribution is 0.448. The molecule has 0 aliphatic carbocycles. The Morgan fingerprint density at radius 3 is 3.36 bits per heavy atom. The van der Waals surface area contributed by atoms with Crippen LogP contribution in [-0.2, 0) is 0 Å². The highest BCUT2D eigenvalue weighted by Crippen LogP contribution is 2.17. The fourth-order valence-electron chi connectivity index (χ4n) is 0.972. The zero-order chi connectivity index (χ0) is 8.72. The van der Waals surface area contributed by atoms with Crippen LogP contribution in [0.3, 0.4) is 0 Å². The van der Waals surface area contributed by atoms with Gasteiger partial charge in [0.2, 0.25) is 0 Å². The first-order chi connectivity index (χ1) is 5.68. The van der Waals surface area contributed by atoms with Crippen molar-refractivity contribution in [1.82, 2.24) is 5.16 Å². The lowest BCUT2D eigenvalue weighted by Crippen LogP contribution is -1.72. The van der Waals surface area contributed by atoms with Gasteiger partial charge in [-0.15, -0.1) is 0 Å². The Bertz CT molecular complexity index is 438. The molecule has 3 heteroatoms. The van der Waals surface area contributed by atoms with E-state index in [1.54, 1.807) is 6.92 Å². The SMILES string of the molecule is [2H]c1cc2c(C)noc2cc1F. The summed E-state index contributed by atoms with van der Waals surface area (Å²) in [6.45, 7) is 1.75. The molecule has 0 saturated carbocycles. The van der Waals surface area contributed by atoms with E-state index in [4.69, 9.17) is 5.89 Å². The molecule has 0 aliphatic heterocycles. The van der Waals surface area contributed by atoms with Gasteiger partial charge in [0.25, 0.3) is 0 Å². The number of hydrogen-bond donors (Lipinski definition) is 0. The van der Waals surface area contributed by atoms with Gasteiger partial charge in [-0.1, -0.05) is 5.16 Å². The van der Waals surface area contributed by atoms with Crippen LogP contribution in [0.5, 0.6) is 0 Å². The standard InChI is InChI=1S/C8H6FNO/c1-5-7-3-2-6(9)4-8(7)11-10-5/h2-4H,1H3/i2D. The molecule has 0 unspecified atom stereocenters. The minimum Gasteiger partial charge on any atom is -0.356 e. The first kappa shape index (κ1) is 5.29. The second kappa shape index (κ2) is 2.05.